The summed E-state index contributed by atoms with van der Waals surface area (Å²) >= 11 is 0. The Kier molecular flexibility index (Phi) is 4.55. The molecule has 1 atom stereocenters. The van der Waals surface area contributed by atoms with Gasteiger partial charge in [0.15, 0.2) is 0 Å². The minimum atomic E-state index is -0.640. The first kappa shape index (κ1) is 10.3. The van der Waals surface area contributed by atoms with Gasteiger partial charge in [-0.2, -0.15) is 0 Å². The van der Waals surface area contributed by atoms with Gasteiger partial charge in [-0.05, 0) is 6.42 Å². The lowest BCUT2D eigenvalue weighted by Crippen LogP contribution is -2.25. The lowest BCUT2D eigenvalue weighted by Gasteiger charge is -2.08. The molecule has 0 heterocycles. The molecular weight excluding hydrogens is 172 g/mol. The van der Waals surface area contributed by atoms with E-state index in [1.165, 1.54) is 18.9 Å². The Morgan fingerprint density at radius 2 is 2.00 bits per heavy atom. The van der Waals surface area contributed by atoms with Crippen molar-refractivity contribution < 1.29 is 0 Å². The van der Waals surface area contributed by atoms with Crippen molar-refractivity contribution in [1.82, 2.24) is 0 Å². The lowest BCUT2D eigenvalue weighted by atomic mass is 10.3. The van der Waals surface area contributed by atoms with Crippen molar-refractivity contribution in [2.24, 2.45) is 0 Å². The quantitative estimate of drug-likeness (QED) is 0.380. The number of rotatable bonds is 5. The summed E-state index contributed by atoms with van der Waals surface area (Å²) in [5.41, 5.74) is 0. The summed E-state index contributed by atoms with van der Waals surface area (Å²) in [4.78, 5) is 0. The van der Waals surface area contributed by atoms with E-state index < -0.39 is 8.80 Å². The molecule has 0 radical (unpaired) electrons. The Balaban J connectivity index is 2.39. The molecular formula is C12H18Si. The smallest absolute Gasteiger partial charge is 0.0677 e. The summed E-state index contributed by atoms with van der Waals surface area (Å²) in [6, 6.07) is 12.3. The Morgan fingerprint density at radius 3 is 2.62 bits per heavy atom. The maximum absolute atomic E-state index is 3.75. The summed E-state index contributed by atoms with van der Waals surface area (Å²) < 4.78 is 0. The number of allylic oxidation sites excluding steroid dienone is 1. The van der Waals surface area contributed by atoms with Crippen molar-refractivity contribution in [3.05, 3.63) is 43.0 Å². The highest BCUT2D eigenvalue weighted by atomic mass is 28.3. The van der Waals surface area contributed by atoms with Crippen LogP contribution < -0.4 is 5.19 Å². The molecule has 0 nitrogen and oxygen atoms in total. The number of benzene rings is 1. The Morgan fingerprint density at radius 1 is 1.31 bits per heavy atom. The van der Waals surface area contributed by atoms with Crippen LogP contribution in [0.2, 0.25) is 12.6 Å². The van der Waals surface area contributed by atoms with Crippen LogP contribution in [-0.2, 0) is 0 Å². The second-order valence-corrected chi connectivity index (χ2v) is 6.58. The highest BCUT2D eigenvalue weighted by molar-refractivity contribution is 6.71. The maximum Gasteiger partial charge on any atom is 0.0677 e. The van der Waals surface area contributed by atoms with E-state index in [-0.39, 0.29) is 0 Å². The second-order valence-electron chi connectivity index (χ2n) is 3.53. The summed E-state index contributed by atoms with van der Waals surface area (Å²) in [5.74, 6) is 0. The third-order valence-electron chi connectivity index (χ3n) is 2.41. The van der Waals surface area contributed by atoms with E-state index in [0.717, 1.165) is 0 Å². The Hall–Kier alpha value is -0.823. The maximum atomic E-state index is 3.75. The molecule has 1 rings (SSSR count). The van der Waals surface area contributed by atoms with E-state index in [1.807, 2.05) is 6.08 Å². The van der Waals surface area contributed by atoms with E-state index in [0.29, 0.717) is 0 Å². The van der Waals surface area contributed by atoms with Crippen LogP contribution >= 0.6 is 0 Å². The van der Waals surface area contributed by atoms with Gasteiger partial charge in [0.1, 0.15) is 0 Å². The van der Waals surface area contributed by atoms with Crippen molar-refractivity contribution in [3.8, 4) is 0 Å². The van der Waals surface area contributed by atoms with Crippen LogP contribution in [0.3, 0.4) is 0 Å². The van der Waals surface area contributed by atoms with E-state index in [4.69, 9.17) is 0 Å². The van der Waals surface area contributed by atoms with Gasteiger partial charge in [-0.1, -0.05) is 60.6 Å². The molecule has 13 heavy (non-hydrogen) atoms. The fourth-order valence-corrected chi connectivity index (χ4v) is 3.58. The minimum Gasteiger partial charge on any atom is -0.103 e. The Labute approximate surface area is 82.9 Å². The highest BCUT2D eigenvalue weighted by Crippen LogP contribution is 2.02. The molecule has 0 N–H and O–H groups in total. The zero-order chi connectivity index (χ0) is 9.52. The van der Waals surface area contributed by atoms with Crippen LogP contribution in [0.1, 0.15) is 12.8 Å². The molecule has 0 spiro atoms. The predicted octanol–water partition coefficient (Wildman–Crippen LogP) is 2.72. The standard InChI is InChI=1S/C12H18Si/c1-3-4-8-11-13(2)12-9-6-5-7-10-12/h3,5-7,9-10,13H,1,4,8,11H2,2H3. The van der Waals surface area contributed by atoms with Gasteiger partial charge in [-0.15, -0.1) is 6.58 Å². The average Bonchev–Trinajstić information content (AvgIpc) is 2.19. The van der Waals surface area contributed by atoms with Crippen molar-refractivity contribution >= 4 is 14.0 Å². The van der Waals surface area contributed by atoms with Gasteiger partial charge in [-0.3, -0.25) is 0 Å². The van der Waals surface area contributed by atoms with Gasteiger partial charge >= 0.3 is 0 Å². The lowest BCUT2D eigenvalue weighted by molar-refractivity contribution is 0.948. The largest absolute Gasteiger partial charge is 0.103 e. The van der Waals surface area contributed by atoms with Gasteiger partial charge in [0.25, 0.3) is 0 Å². The third kappa shape index (κ3) is 3.60. The summed E-state index contributed by atoms with van der Waals surface area (Å²) in [6.45, 7) is 6.17. The van der Waals surface area contributed by atoms with Gasteiger partial charge < -0.3 is 0 Å². The first-order chi connectivity index (χ1) is 6.34. The monoisotopic (exact) mass is 190 g/mol. The van der Waals surface area contributed by atoms with Crippen LogP contribution in [0.4, 0.5) is 0 Å². The van der Waals surface area contributed by atoms with E-state index >= 15 is 0 Å². The molecule has 0 aliphatic carbocycles. The number of unbranched alkanes of at least 4 members (excludes halogenated alkanes) is 1. The third-order valence-corrected chi connectivity index (χ3v) is 5.21. The first-order valence-electron chi connectivity index (χ1n) is 5.00. The van der Waals surface area contributed by atoms with Crippen molar-refractivity contribution in [2.45, 2.75) is 25.4 Å². The van der Waals surface area contributed by atoms with E-state index in [1.54, 1.807) is 5.19 Å². The molecule has 0 saturated carbocycles. The molecule has 0 aromatic heterocycles. The molecule has 0 aliphatic rings. The minimum absolute atomic E-state index is 0.640. The summed E-state index contributed by atoms with van der Waals surface area (Å²) in [6.07, 6.45) is 4.50. The molecule has 0 amide bonds. The van der Waals surface area contributed by atoms with Crippen molar-refractivity contribution in [2.75, 3.05) is 0 Å². The zero-order valence-corrected chi connectivity index (χ0v) is 9.52. The second kappa shape index (κ2) is 5.76. The van der Waals surface area contributed by atoms with Crippen LogP contribution in [0, 0.1) is 0 Å². The molecule has 0 aliphatic heterocycles. The van der Waals surface area contributed by atoms with Crippen LogP contribution in [0.15, 0.2) is 43.0 Å². The molecule has 1 aromatic carbocycles. The van der Waals surface area contributed by atoms with Crippen molar-refractivity contribution in [1.29, 1.82) is 0 Å². The topological polar surface area (TPSA) is 0 Å². The normalized spacial score (nSPS) is 12.4. The predicted molar refractivity (Wildman–Crippen MR) is 63.3 cm³/mol. The van der Waals surface area contributed by atoms with Crippen LogP contribution in [0.25, 0.3) is 0 Å². The Bertz CT molecular complexity index is 241. The van der Waals surface area contributed by atoms with Crippen molar-refractivity contribution in [3.63, 3.8) is 0 Å². The summed E-state index contributed by atoms with van der Waals surface area (Å²) in [7, 11) is -0.640. The van der Waals surface area contributed by atoms with Gasteiger partial charge in [0.05, 0.1) is 8.80 Å². The molecule has 0 saturated heterocycles. The zero-order valence-electron chi connectivity index (χ0n) is 8.37. The van der Waals surface area contributed by atoms with Crippen LogP contribution in [-0.4, -0.2) is 8.80 Å². The molecule has 0 fully saturated rings. The van der Waals surface area contributed by atoms with Gasteiger partial charge in [0, 0.05) is 0 Å². The molecule has 70 valence electrons. The van der Waals surface area contributed by atoms with Gasteiger partial charge in [0.2, 0.25) is 0 Å². The molecule has 1 heteroatoms. The van der Waals surface area contributed by atoms with Crippen LogP contribution in [0.5, 0.6) is 0 Å². The average molecular weight is 190 g/mol. The van der Waals surface area contributed by atoms with E-state index in [9.17, 15) is 0 Å². The summed E-state index contributed by atoms with van der Waals surface area (Å²) in [5, 5.41) is 1.59. The number of hydrogen-bond acceptors (Lipinski definition) is 0. The highest BCUT2D eigenvalue weighted by Gasteiger charge is 2.04. The first-order valence-corrected chi connectivity index (χ1v) is 7.55. The fraction of sp³-hybridized carbons (Fsp3) is 0.333. The molecule has 0 bridgehead atoms. The molecule has 1 aromatic rings. The number of hydrogen-bond donors (Lipinski definition) is 0. The van der Waals surface area contributed by atoms with Gasteiger partial charge in [-0.25, -0.2) is 0 Å². The fourth-order valence-electron chi connectivity index (χ4n) is 1.52. The van der Waals surface area contributed by atoms with E-state index in [2.05, 4.69) is 43.5 Å². The molecule has 1 unspecified atom stereocenters. The SMILES string of the molecule is C=CCCC[SiH](C)c1ccccc1.